The van der Waals surface area contributed by atoms with Gasteiger partial charge in [-0.1, -0.05) is 6.07 Å². The molecule has 0 aliphatic carbocycles. The lowest BCUT2D eigenvalue weighted by molar-refractivity contribution is -0.160. The molecule has 0 aliphatic heterocycles. The van der Waals surface area contributed by atoms with Gasteiger partial charge in [0.25, 0.3) is 0 Å². The van der Waals surface area contributed by atoms with Crippen LogP contribution in [0.15, 0.2) is 18.2 Å². The maximum atomic E-state index is 11.9. The summed E-state index contributed by atoms with van der Waals surface area (Å²) in [6.45, 7) is 6.29. The van der Waals surface area contributed by atoms with Gasteiger partial charge in [-0.2, -0.15) is 0 Å². The van der Waals surface area contributed by atoms with Crippen LogP contribution in [0.5, 0.6) is 11.5 Å². The highest BCUT2D eigenvalue weighted by molar-refractivity contribution is 5.87. The van der Waals surface area contributed by atoms with Crippen molar-refractivity contribution in [2.75, 3.05) is 7.11 Å². The number of phenolic OH excluding ortho intramolecular Hbond substituents is 1. The zero-order valence-corrected chi connectivity index (χ0v) is 12.9. The molecule has 0 aliphatic rings. The van der Waals surface area contributed by atoms with E-state index >= 15 is 0 Å². The van der Waals surface area contributed by atoms with Gasteiger partial charge in [0.1, 0.15) is 0 Å². The van der Waals surface area contributed by atoms with Crippen molar-refractivity contribution in [3.8, 4) is 11.5 Å². The van der Waals surface area contributed by atoms with E-state index in [-0.39, 0.29) is 23.4 Å². The number of amides is 1. The summed E-state index contributed by atoms with van der Waals surface area (Å²) < 4.78 is 5.01. The normalized spacial score (nSPS) is 13.6. The molecule has 0 aromatic heterocycles. The van der Waals surface area contributed by atoms with E-state index in [1.165, 1.54) is 44.1 Å². The molecule has 1 amide bonds. The molecule has 0 fully saturated rings. The molecule has 6 heteroatoms. The number of carbonyl (C=O) groups is 2. The van der Waals surface area contributed by atoms with Gasteiger partial charge in [-0.25, -0.2) is 4.79 Å². The first-order valence-corrected chi connectivity index (χ1v) is 6.57. The fraction of sp³-hybridized carbons (Fsp3) is 0.467. The van der Waals surface area contributed by atoms with Gasteiger partial charge in [-0.05, 0) is 38.5 Å². The van der Waals surface area contributed by atoms with Crippen LogP contribution >= 0.6 is 0 Å². The molecule has 0 heterocycles. The molecule has 6 nitrogen and oxygen atoms in total. The van der Waals surface area contributed by atoms with E-state index in [9.17, 15) is 19.8 Å². The van der Waals surface area contributed by atoms with Crippen molar-refractivity contribution in [1.82, 2.24) is 4.90 Å². The van der Waals surface area contributed by atoms with Gasteiger partial charge < -0.3 is 19.8 Å². The number of methoxy groups -OCH3 is 1. The van der Waals surface area contributed by atoms with Crippen LogP contribution in [-0.4, -0.2) is 40.1 Å². The van der Waals surface area contributed by atoms with E-state index < -0.39 is 11.5 Å². The average Bonchev–Trinajstić information content (AvgIpc) is 2.37. The van der Waals surface area contributed by atoms with Gasteiger partial charge in [-0.15, -0.1) is 0 Å². The SMILES string of the molecule is COc1cc(C(C)(C(=O)O)N(C(C)=O)C(C)C)ccc1O. The van der Waals surface area contributed by atoms with Gasteiger partial charge in [0.05, 0.1) is 7.11 Å². The van der Waals surface area contributed by atoms with Crippen molar-refractivity contribution in [3.05, 3.63) is 23.8 Å². The second kappa shape index (κ2) is 6.03. The van der Waals surface area contributed by atoms with Gasteiger partial charge in [0.15, 0.2) is 17.0 Å². The Morgan fingerprint density at radius 2 is 1.90 bits per heavy atom. The second-order valence-electron chi connectivity index (χ2n) is 5.25. The van der Waals surface area contributed by atoms with Crippen LogP contribution < -0.4 is 4.74 Å². The Morgan fingerprint density at radius 3 is 2.29 bits per heavy atom. The molecule has 0 bridgehead atoms. The molecule has 0 radical (unpaired) electrons. The molecule has 1 unspecified atom stereocenters. The van der Waals surface area contributed by atoms with Crippen molar-refractivity contribution in [2.24, 2.45) is 0 Å². The molecule has 0 saturated carbocycles. The Labute approximate surface area is 124 Å². The average molecular weight is 295 g/mol. The van der Waals surface area contributed by atoms with E-state index in [1.807, 2.05) is 0 Å². The molecule has 1 rings (SSSR count). The van der Waals surface area contributed by atoms with Crippen LogP contribution in [0.3, 0.4) is 0 Å². The molecule has 2 N–H and O–H groups in total. The van der Waals surface area contributed by atoms with Crippen molar-refractivity contribution >= 4 is 11.9 Å². The summed E-state index contributed by atoms with van der Waals surface area (Å²) in [6, 6.07) is 3.96. The third-order valence-corrected chi connectivity index (χ3v) is 3.50. The number of carboxylic acid groups (broad SMARTS) is 1. The third-order valence-electron chi connectivity index (χ3n) is 3.50. The maximum absolute atomic E-state index is 11.9. The summed E-state index contributed by atoms with van der Waals surface area (Å²) in [5.74, 6) is -1.43. The smallest absolute Gasteiger partial charge is 0.334 e. The molecule has 1 aromatic carbocycles. The molecular formula is C15H21NO5. The summed E-state index contributed by atoms with van der Waals surface area (Å²) in [7, 11) is 1.38. The highest BCUT2D eigenvalue weighted by Crippen LogP contribution is 2.36. The zero-order chi connectivity index (χ0) is 16.4. The second-order valence-corrected chi connectivity index (χ2v) is 5.25. The first kappa shape index (κ1) is 16.8. The zero-order valence-electron chi connectivity index (χ0n) is 12.9. The minimum atomic E-state index is -1.55. The molecule has 116 valence electrons. The van der Waals surface area contributed by atoms with E-state index in [0.29, 0.717) is 5.56 Å². The van der Waals surface area contributed by atoms with Crippen LogP contribution in [0.1, 0.15) is 33.3 Å². The van der Waals surface area contributed by atoms with Gasteiger partial charge >= 0.3 is 5.97 Å². The highest BCUT2D eigenvalue weighted by atomic mass is 16.5. The van der Waals surface area contributed by atoms with Crippen molar-refractivity contribution in [3.63, 3.8) is 0 Å². The molecule has 1 aromatic rings. The number of rotatable bonds is 5. The number of phenols is 1. The van der Waals surface area contributed by atoms with Crippen LogP contribution in [0, 0.1) is 0 Å². The van der Waals surface area contributed by atoms with Crippen LogP contribution in [-0.2, 0) is 15.1 Å². The fourth-order valence-electron chi connectivity index (χ4n) is 2.54. The minimum Gasteiger partial charge on any atom is -0.504 e. The largest absolute Gasteiger partial charge is 0.504 e. The Kier molecular flexibility index (Phi) is 4.83. The summed E-state index contributed by atoms with van der Waals surface area (Å²) in [4.78, 5) is 25.1. The van der Waals surface area contributed by atoms with E-state index in [2.05, 4.69) is 0 Å². The number of aromatic hydroxyl groups is 1. The molecular weight excluding hydrogens is 274 g/mol. The topological polar surface area (TPSA) is 87.1 Å². The predicted octanol–water partition coefficient (Wildman–Crippen LogP) is 1.96. The summed E-state index contributed by atoms with van der Waals surface area (Å²) in [6.07, 6.45) is 0. The molecule has 0 spiro atoms. The lowest BCUT2D eigenvalue weighted by Crippen LogP contribution is -2.55. The Bertz CT molecular complexity index is 555. The lowest BCUT2D eigenvalue weighted by atomic mass is 9.88. The summed E-state index contributed by atoms with van der Waals surface area (Å²) in [5, 5.41) is 19.3. The number of hydrogen-bond donors (Lipinski definition) is 2. The third kappa shape index (κ3) is 2.94. The maximum Gasteiger partial charge on any atom is 0.334 e. The summed E-state index contributed by atoms with van der Waals surface area (Å²) >= 11 is 0. The number of aliphatic carboxylic acids is 1. The Hall–Kier alpha value is -2.24. The van der Waals surface area contributed by atoms with Gasteiger partial charge in [0.2, 0.25) is 5.91 Å². The van der Waals surface area contributed by atoms with E-state index in [4.69, 9.17) is 4.74 Å². The Morgan fingerprint density at radius 1 is 1.33 bits per heavy atom. The van der Waals surface area contributed by atoms with Crippen molar-refractivity contribution < 1.29 is 24.5 Å². The summed E-state index contributed by atoms with van der Waals surface area (Å²) in [5.41, 5.74) is -1.20. The number of nitrogens with zero attached hydrogens (tertiary/aromatic N) is 1. The monoisotopic (exact) mass is 295 g/mol. The van der Waals surface area contributed by atoms with E-state index in [1.54, 1.807) is 13.8 Å². The number of carboxylic acids is 1. The van der Waals surface area contributed by atoms with Crippen LogP contribution in [0.2, 0.25) is 0 Å². The van der Waals surface area contributed by atoms with Gasteiger partial charge in [0, 0.05) is 13.0 Å². The van der Waals surface area contributed by atoms with Crippen LogP contribution in [0.4, 0.5) is 0 Å². The Balaban J connectivity index is 3.54. The number of carbonyl (C=O) groups excluding carboxylic acids is 1. The quantitative estimate of drug-likeness (QED) is 0.867. The first-order valence-electron chi connectivity index (χ1n) is 6.57. The number of ether oxygens (including phenoxy) is 1. The molecule has 1 atom stereocenters. The fourth-order valence-corrected chi connectivity index (χ4v) is 2.54. The molecule has 0 saturated heterocycles. The first-order chi connectivity index (χ1) is 9.66. The van der Waals surface area contributed by atoms with Gasteiger partial charge in [-0.3, -0.25) is 4.79 Å². The van der Waals surface area contributed by atoms with Crippen molar-refractivity contribution in [2.45, 2.75) is 39.3 Å². The van der Waals surface area contributed by atoms with E-state index in [0.717, 1.165) is 0 Å². The molecule has 21 heavy (non-hydrogen) atoms. The van der Waals surface area contributed by atoms with Crippen LogP contribution in [0.25, 0.3) is 0 Å². The number of benzene rings is 1. The lowest BCUT2D eigenvalue weighted by Gasteiger charge is -2.40. The number of hydrogen-bond acceptors (Lipinski definition) is 4. The minimum absolute atomic E-state index is 0.0899. The van der Waals surface area contributed by atoms with Crippen molar-refractivity contribution in [1.29, 1.82) is 0 Å². The highest BCUT2D eigenvalue weighted by Gasteiger charge is 2.44. The predicted molar refractivity (Wildman–Crippen MR) is 77.3 cm³/mol. The standard InChI is InChI=1S/C15H21NO5/c1-9(2)16(10(3)17)15(4,14(19)20)11-6-7-12(18)13(8-11)21-5/h6-9,18H,1-5H3,(H,19,20).